The van der Waals surface area contributed by atoms with Crippen LogP contribution in [0.3, 0.4) is 0 Å². The van der Waals surface area contributed by atoms with Crippen molar-refractivity contribution >= 4 is 28.5 Å². The fraction of sp³-hybridized carbons (Fsp3) is 0.250. The summed E-state index contributed by atoms with van der Waals surface area (Å²) in [6.07, 6.45) is 3.55. The number of nitrogens with zero attached hydrogens (tertiary/aromatic N) is 8. The zero-order chi connectivity index (χ0) is 32.5. The third-order valence-corrected chi connectivity index (χ3v) is 7.30. The van der Waals surface area contributed by atoms with Crippen molar-refractivity contribution in [3.8, 4) is 17.5 Å². The van der Waals surface area contributed by atoms with E-state index in [-0.39, 0.29) is 0 Å². The maximum Gasteiger partial charge on any atom is 0.490 e. The Morgan fingerprint density at radius 1 is 0.957 bits per heavy atom. The van der Waals surface area contributed by atoms with Gasteiger partial charge in [0.05, 0.1) is 23.0 Å². The summed E-state index contributed by atoms with van der Waals surface area (Å²) in [4.78, 5) is 31.7. The van der Waals surface area contributed by atoms with Gasteiger partial charge in [0.15, 0.2) is 0 Å². The number of imidazole rings is 1. The standard InChI is InChI=1S/C30H29N9.C2HF3O2/c31-18-24-17-25(21-34-20-24)30-36-29-26(37-13-15-38(16-14-37)28-22-32-9-10-35-28)7-4-8-27(29)39(30)12-11-33-19-23-5-2-1-3-6-23;3-2(4,5)1(6)7/h1-10,17,20-22,33H,11-16,19H2;(H,6,7). The topological polar surface area (TPSA) is 136 Å². The minimum atomic E-state index is -5.08. The Morgan fingerprint density at radius 2 is 1.70 bits per heavy atom. The van der Waals surface area contributed by atoms with Gasteiger partial charge < -0.3 is 24.8 Å². The molecule has 14 heteroatoms. The third kappa shape index (κ3) is 7.74. The predicted octanol–water partition coefficient (Wildman–Crippen LogP) is 4.51. The average Bonchev–Trinajstić information content (AvgIpc) is 3.46. The highest BCUT2D eigenvalue weighted by Gasteiger charge is 2.38. The number of pyridine rings is 1. The zero-order valence-corrected chi connectivity index (χ0v) is 24.6. The molecule has 0 bridgehead atoms. The molecule has 2 N–H and O–H groups in total. The van der Waals surface area contributed by atoms with Crippen molar-refractivity contribution in [3.63, 3.8) is 0 Å². The molecule has 236 valence electrons. The number of fused-ring (bicyclic) bond motifs is 1. The molecule has 0 aliphatic carbocycles. The first kappa shape index (κ1) is 31.9. The Labute approximate surface area is 262 Å². The van der Waals surface area contributed by atoms with Crippen molar-refractivity contribution < 1.29 is 23.1 Å². The number of aromatic nitrogens is 5. The molecule has 2 aromatic carbocycles. The second-order valence-corrected chi connectivity index (χ2v) is 10.3. The highest BCUT2D eigenvalue weighted by molar-refractivity contribution is 5.92. The lowest BCUT2D eigenvalue weighted by Crippen LogP contribution is -2.47. The number of rotatable bonds is 8. The summed E-state index contributed by atoms with van der Waals surface area (Å²) in [6, 6.07) is 20.9. The molecule has 11 nitrogen and oxygen atoms in total. The SMILES string of the molecule is N#Cc1cncc(-c2nc3c(N4CCN(c5cnccn5)CC4)cccc3n2CCNCc2ccccc2)c1.O=C(O)C(F)(F)F. The Hall–Kier alpha value is -5.55. The molecule has 1 aliphatic rings. The van der Waals surface area contributed by atoms with Crippen molar-refractivity contribution in [3.05, 3.63) is 96.7 Å². The van der Waals surface area contributed by atoms with E-state index in [2.05, 4.69) is 83.2 Å². The number of halogens is 3. The molecule has 5 aromatic rings. The quantitative estimate of drug-likeness (QED) is 0.236. The molecule has 0 atom stereocenters. The predicted molar refractivity (Wildman–Crippen MR) is 166 cm³/mol. The molecular formula is C32H30F3N9O2. The van der Waals surface area contributed by atoms with Gasteiger partial charge in [-0.3, -0.25) is 9.97 Å². The number of piperazine rings is 1. The molecule has 46 heavy (non-hydrogen) atoms. The third-order valence-electron chi connectivity index (χ3n) is 7.30. The first-order chi connectivity index (χ1) is 22.2. The summed E-state index contributed by atoms with van der Waals surface area (Å²) in [7, 11) is 0. The molecule has 0 spiro atoms. The van der Waals surface area contributed by atoms with Crippen LogP contribution in [0.15, 0.2) is 85.6 Å². The van der Waals surface area contributed by atoms with Gasteiger partial charge in [0, 0.05) is 76.2 Å². The van der Waals surface area contributed by atoms with E-state index in [1.165, 1.54) is 5.56 Å². The van der Waals surface area contributed by atoms with Crippen molar-refractivity contribution in [2.45, 2.75) is 19.3 Å². The number of benzene rings is 2. The Morgan fingerprint density at radius 3 is 2.37 bits per heavy atom. The van der Waals surface area contributed by atoms with Gasteiger partial charge in [0.1, 0.15) is 23.2 Å². The molecular weight excluding hydrogens is 599 g/mol. The van der Waals surface area contributed by atoms with Gasteiger partial charge in [-0.1, -0.05) is 36.4 Å². The van der Waals surface area contributed by atoms with Gasteiger partial charge in [0.2, 0.25) is 0 Å². The van der Waals surface area contributed by atoms with Crippen LogP contribution in [0, 0.1) is 11.3 Å². The number of alkyl halides is 3. The van der Waals surface area contributed by atoms with Crippen LogP contribution in [0.5, 0.6) is 0 Å². The number of aliphatic carboxylic acids is 1. The van der Waals surface area contributed by atoms with Crippen LogP contribution in [0.25, 0.3) is 22.4 Å². The molecule has 3 aromatic heterocycles. The Bertz CT molecular complexity index is 1800. The zero-order valence-electron chi connectivity index (χ0n) is 24.6. The highest BCUT2D eigenvalue weighted by Crippen LogP contribution is 2.32. The summed E-state index contributed by atoms with van der Waals surface area (Å²) >= 11 is 0. The smallest absolute Gasteiger partial charge is 0.475 e. The summed E-state index contributed by atoms with van der Waals surface area (Å²) in [5, 5.41) is 20.2. The number of hydrogen-bond acceptors (Lipinski definition) is 9. The summed E-state index contributed by atoms with van der Waals surface area (Å²) < 4.78 is 34.0. The number of carboxylic acids is 1. The minimum Gasteiger partial charge on any atom is -0.475 e. The summed E-state index contributed by atoms with van der Waals surface area (Å²) in [6.45, 7) is 5.76. The molecule has 0 saturated carbocycles. The van der Waals surface area contributed by atoms with E-state index >= 15 is 0 Å². The van der Waals surface area contributed by atoms with E-state index in [0.29, 0.717) is 5.56 Å². The van der Waals surface area contributed by atoms with E-state index in [1.807, 2.05) is 18.3 Å². The van der Waals surface area contributed by atoms with Crippen LogP contribution in [0.1, 0.15) is 11.1 Å². The Kier molecular flexibility index (Phi) is 10.0. The number of para-hydroxylation sites is 1. The molecule has 1 saturated heterocycles. The van der Waals surface area contributed by atoms with Crippen LogP contribution >= 0.6 is 0 Å². The lowest BCUT2D eigenvalue weighted by molar-refractivity contribution is -0.192. The molecule has 1 aliphatic heterocycles. The highest BCUT2D eigenvalue weighted by atomic mass is 19.4. The number of carboxylic acid groups (broad SMARTS) is 1. The summed E-state index contributed by atoms with van der Waals surface area (Å²) in [5.41, 5.74) is 5.77. The lowest BCUT2D eigenvalue weighted by atomic mass is 10.2. The Balaban J connectivity index is 0.000000537. The molecule has 4 heterocycles. The number of hydrogen-bond donors (Lipinski definition) is 2. The largest absolute Gasteiger partial charge is 0.490 e. The van der Waals surface area contributed by atoms with Crippen LogP contribution in [0.4, 0.5) is 24.7 Å². The summed E-state index contributed by atoms with van der Waals surface area (Å²) in [5.74, 6) is -1.02. The van der Waals surface area contributed by atoms with E-state index in [4.69, 9.17) is 14.9 Å². The van der Waals surface area contributed by atoms with E-state index in [9.17, 15) is 18.4 Å². The number of carbonyl (C=O) groups is 1. The van der Waals surface area contributed by atoms with E-state index in [1.54, 1.807) is 24.8 Å². The first-order valence-electron chi connectivity index (χ1n) is 14.4. The number of anilines is 2. The number of nitriles is 1. The number of nitrogens with one attached hydrogen (secondary N) is 1. The van der Waals surface area contributed by atoms with E-state index in [0.717, 1.165) is 79.7 Å². The second-order valence-electron chi connectivity index (χ2n) is 10.3. The van der Waals surface area contributed by atoms with Crippen molar-refractivity contribution in [2.24, 2.45) is 0 Å². The molecule has 0 unspecified atom stereocenters. The minimum absolute atomic E-state index is 0.522. The van der Waals surface area contributed by atoms with Crippen molar-refractivity contribution in [1.82, 2.24) is 29.8 Å². The maximum atomic E-state index is 10.6. The molecule has 6 rings (SSSR count). The normalized spacial score (nSPS) is 13.2. The maximum absolute atomic E-state index is 10.6. The molecule has 0 radical (unpaired) electrons. The van der Waals surface area contributed by atoms with Crippen LogP contribution in [0.2, 0.25) is 0 Å². The second kappa shape index (κ2) is 14.5. The van der Waals surface area contributed by atoms with Crippen LogP contribution in [-0.2, 0) is 17.9 Å². The van der Waals surface area contributed by atoms with Gasteiger partial charge in [-0.25, -0.2) is 14.8 Å². The average molecular weight is 630 g/mol. The van der Waals surface area contributed by atoms with Crippen LogP contribution in [-0.4, -0.2) is 74.5 Å². The first-order valence-corrected chi connectivity index (χ1v) is 14.4. The molecule has 1 fully saturated rings. The monoisotopic (exact) mass is 629 g/mol. The fourth-order valence-corrected chi connectivity index (χ4v) is 5.11. The van der Waals surface area contributed by atoms with Gasteiger partial charge in [-0.05, 0) is 23.8 Å². The van der Waals surface area contributed by atoms with Crippen LogP contribution < -0.4 is 15.1 Å². The van der Waals surface area contributed by atoms with Gasteiger partial charge in [0.25, 0.3) is 0 Å². The van der Waals surface area contributed by atoms with Gasteiger partial charge >= 0.3 is 12.1 Å². The van der Waals surface area contributed by atoms with Crippen molar-refractivity contribution in [2.75, 3.05) is 42.5 Å². The molecule has 0 amide bonds. The van der Waals surface area contributed by atoms with E-state index < -0.39 is 12.1 Å². The van der Waals surface area contributed by atoms with Crippen molar-refractivity contribution in [1.29, 1.82) is 5.26 Å². The van der Waals surface area contributed by atoms with Gasteiger partial charge in [-0.2, -0.15) is 18.4 Å². The lowest BCUT2D eigenvalue weighted by Gasteiger charge is -2.36. The van der Waals surface area contributed by atoms with Gasteiger partial charge in [-0.15, -0.1) is 0 Å². The fourth-order valence-electron chi connectivity index (χ4n) is 5.11.